The number of carbonyl (C=O) groups excluding carboxylic acids is 1. The molecule has 0 atom stereocenters. The summed E-state index contributed by atoms with van der Waals surface area (Å²) in [5.41, 5.74) is -0.177. The van der Waals surface area contributed by atoms with Crippen LogP contribution < -0.4 is 5.32 Å². The van der Waals surface area contributed by atoms with E-state index in [1.807, 2.05) is 19.9 Å². The standard InChI is InChI=1S/C10H18N2O/c1-4-5-7-10(2,3)12-9(13)6-8-11/h4-7H2,1-3H3,(H,12,13). The summed E-state index contributed by atoms with van der Waals surface area (Å²) in [6, 6.07) is 1.83. The molecule has 0 aliphatic rings. The minimum absolute atomic E-state index is 0.0461. The van der Waals surface area contributed by atoms with Crippen LogP contribution in [0.3, 0.4) is 0 Å². The Morgan fingerprint density at radius 1 is 1.54 bits per heavy atom. The molecule has 0 spiro atoms. The molecule has 0 fully saturated rings. The summed E-state index contributed by atoms with van der Waals surface area (Å²) in [4.78, 5) is 11.1. The van der Waals surface area contributed by atoms with Gasteiger partial charge in [0.1, 0.15) is 6.42 Å². The van der Waals surface area contributed by atoms with Crippen molar-refractivity contribution < 1.29 is 4.79 Å². The molecule has 0 radical (unpaired) electrons. The Bertz CT molecular complexity index is 203. The third kappa shape index (κ3) is 6.15. The van der Waals surface area contributed by atoms with Crippen LogP contribution in [0.5, 0.6) is 0 Å². The van der Waals surface area contributed by atoms with Crippen molar-refractivity contribution in [2.75, 3.05) is 0 Å². The van der Waals surface area contributed by atoms with Gasteiger partial charge < -0.3 is 5.32 Å². The summed E-state index contributed by atoms with van der Waals surface area (Å²) < 4.78 is 0. The largest absolute Gasteiger partial charge is 0.350 e. The van der Waals surface area contributed by atoms with Crippen LogP contribution in [0.25, 0.3) is 0 Å². The Kier molecular flexibility index (Phi) is 5.13. The lowest BCUT2D eigenvalue weighted by Crippen LogP contribution is -2.43. The SMILES string of the molecule is CCCCC(C)(C)NC(=O)CC#N. The van der Waals surface area contributed by atoms with Crippen molar-refractivity contribution in [2.45, 2.75) is 52.0 Å². The first-order chi connectivity index (χ1) is 6.02. The Morgan fingerprint density at radius 3 is 2.62 bits per heavy atom. The average molecular weight is 182 g/mol. The summed E-state index contributed by atoms with van der Waals surface area (Å²) in [7, 11) is 0. The quantitative estimate of drug-likeness (QED) is 0.706. The van der Waals surface area contributed by atoms with Crippen LogP contribution >= 0.6 is 0 Å². The molecular weight excluding hydrogens is 164 g/mol. The molecule has 1 amide bonds. The summed E-state index contributed by atoms with van der Waals surface area (Å²) in [5.74, 6) is -0.177. The van der Waals surface area contributed by atoms with Gasteiger partial charge in [-0.25, -0.2) is 0 Å². The number of amides is 1. The fourth-order valence-corrected chi connectivity index (χ4v) is 1.17. The molecule has 1 N–H and O–H groups in total. The number of hydrogen-bond acceptors (Lipinski definition) is 2. The van der Waals surface area contributed by atoms with Crippen molar-refractivity contribution in [1.82, 2.24) is 5.32 Å². The summed E-state index contributed by atoms with van der Waals surface area (Å²) in [6.45, 7) is 6.09. The number of hydrogen-bond donors (Lipinski definition) is 1. The van der Waals surface area contributed by atoms with Crippen LogP contribution in [-0.4, -0.2) is 11.4 Å². The van der Waals surface area contributed by atoms with Crippen molar-refractivity contribution in [2.24, 2.45) is 0 Å². The molecule has 3 heteroatoms. The molecule has 0 aliphatic carbocycles. The first-order valence-corrected chi connectivity index (χ1v) is 4.70. The summed E-state index contributed by atoms with van der Waals surface area (Å²) in [5, 5.41) is 11.1. The topological polar surface area (TPSA) is 52.9 Å². The molecule has 13 heavy (non-hydrogen) atoms. The zero-order valence-electron chi connectivity index (χ0n) is 8.68. The lowest BCUT2D eigenvalue weighted by atomic mass is 9.97. The predicted octanol–water partition coefficient (Wildman–Crippen LogP) is 1.99. The molecular formula is C10H18N2O. The van der Waals surface area contributed by atoms with Crippen molar-refractivity contribution >= 4 is 5.91 Å². The third-order valence-electron chi connectivity index (χ3n) is 1.87. The number of rotatable bonds is 5. The number of nitrogens with one attached hydrogen (secondary N) is 1. The maximum atomic E-state index is 11.1. The molecule has 0 aromatic heterocycles. The highest BCUT2D eigenvalue weighted by Crippen LogP contribution is 2.12. The van der Waals surface area contributed by atoms with Crippen LogP contribution in [0.4, 0.5) is 0 Å². The van der Waals surface area contributed by atoms with E-state index in [2.05, 4.69) is 12.2 Å². The lowest BCUT2D eigenvalue weighted by molar-refractivity contribution is -0.121. The van der Waals surface area contributed by atoms with Crippen molar-refractivity contribution in [3.8, 4) is 6.07 Å². The first-order valence-electron chi connectivity index (χ1n) is 4.70. The molecule has 0 aromatic rings. The van der Waals surface area contributed by atoms with E-state index in [0.29, 0.717) is 0 Å². The molecule has 0 saturated carbocycles. The Hall–Kier alpha value is -1.04. The second-order valence-corrected chi connectivity index (χ2v) is 3.87. The zero-order chi connectivity index (χ0) is 10.3. The maximum Gasteiger partial charge on any atom is 0.234 e. The Balaban J connectivity index is 3.87. The van der Waals surface area contributed by atoms with Gasteiger partial charge in [-0.3, -0.25) is 4.79 Å². The number of carbonyl (C=O) groups is 1. The van der Waals surface area contributed by atoms with Gasteiger partial charge >= 0.3 is 0 Å². The Morgan fingerprint density at radius 2 is 2.15 bits per heavy atom. The molecule has 0 bridgehead atoms. The highest BCUT2D eigenvalue weighted by Gasteiger charge is 2.18. The van der Waals surface area contributed by atoms with E-state index in [-0.39, 0.29) is 17.9 Å². The number of nitriles is 1. The molecule has 0 saturated heterocycles. The third-order valence-corrected chi connectivity index (χ3v) is 1.87. The van der Waals surface area contributed by atoms with E-state index >= 15 is 0 Å². The fraction of sp³-hybridized carbons (Fsp3) is 0.800. The minimum Gasteiger partial charge on any atom is -0.350 e. The average Bonchev–Trinajstić information content (AvgIpc) is 2.00. The lowest BCUT2D eigenvalue weighted by Gasteiger charge is -2.25. The predicted molar refractivity (Wildman–Crippen MR) is 52.0 cm³/mol. The van der Waals surface area contributed by atoms with E-state index in [4.69, 9.17) is 5.26 Å². The molecule has 0 aliphatic heterocycles. The van der Waals surface area contributed by atoms with Gasteiger partial charge in [0.2, 0.25) is 5.91 Å². The highest BCUT2D eigenvalue weighted by atomic mass is 16.1. The first kappa shape index (κ1) is 12.0. The molecule has 0 unspecified atom stereocenters. The van der Waals surface area contributed by atoms with Gasteiger partial charge in [-0.05, 0) is 20.3 Å². The second kappa shape index (κ2) is 5.58. The number of nitrogens with zero attached hydrogens (tertiary/aromatic N) is 1. The molecule has 0 aromatic carbocycles. The maximum absolute atomic E-state index is 11.1. The van der Waals surface area contributed by atoms with E-state index in [1.54, 1.807) is 0 Å². The minimum atomic E-state index is -0.177. The van der Waals surface area contributed by atoms with Crippen LogP contribution in [0.2, 0.25) is 0 Å². The van der Waals surface area contributed by atoms with Crippen molar-refractivity contribution in [3.05, 3.63) is 0 Å². The van der Waals surface area contributed by atoms with E-state index in [0.717, 1.165) is 19.3 Å². The van der Waals surface area contributed by atoms with Crippen LogP contribution in [-0.2, 0) is 4.79 Å². The molecule has 0 rings (SSSR count). The van der Waals surface area contributed by atoms with Gasteiger partial charge in [0.05, 0.1) is 6.07 Å². The van der Waals surface area contributed by atoms with Crippen molar-refractivity contribution in [1.29, 1.82) is 5.26 Å². The smallest absolute Gasteiger partial charge is 0.234 e. The normalized spacial score (nSPS) is 10.6. The van der Waals surface area contributed by atoms with E-state index in [1.165, 1.54) is 0 Å². The molecule has 0 heterocycles. The molecule has 3 nitrogen and oxygen atoms in total. The van der Waals surface area contributed by atoms with Gasteiger partial charge in [0.25, 0.3) is 0 Å². The molecule has 74 valence electrons. The van der Waals surface area contributed by atoms with Gasteiger partial charge in [0, 0.05) is 5.54 Å². The van der Waals surface area contributed by atoms with Gasteiger partial charge in [-0.15, -0.1) is 0 Å². The fourth-order valence-electron chi connectivity index (χ4n) is 1.17. The van der Waals surface area contributed by atoms with Crippen molar-refractivity contribution in [3.63, 3.8) is 0 Å². The van der Waals surface area contributed by atoms with Gasteiger partial charge in [-0.2, -0.15) is 5.26 Å². The van der Waals surface area contributed by atoms with Gasteiger partial charge in [-0.1, -0.05) is 19.8 Å². The van der Waals surface area contributed by atoms with Gasteiger partial charge in [0.15, 0.2) is 0 Å². The van der Waals surface area contributed by atoms with Crippen LogP contribution in [0.15, 0.2) is 0 Å². The van der Waals surface area contributed by atoms with E-state index < -0.39 is 0 Å². The van der Waals surface area contributed by atoms with Crippen LogP contribution in [0.1, 0.15) is 46.5 Å². The monoisotopic (exact) mass is 182 g/mol. The highest BCUT2D eigenvalue weighted by molar-refractivity contribution is 5.78. The summed E-state index contributed by atoms with van der Waals surface area (Å²) in [6.07, 6.45) is 3.13. The summed E-state index contributed by atoms with van der Waals surface area (Å²) >= 11 is 0. The second-order valence-electron chi connectivity index (χ2n) is 3.87. The van der Waals surface area contributed by atoms with E-state index in [9.17, 15) is 4.79 Å². The van der Waals surface area contributed by atoms with Crippen LogP contribution in [0, 0.1) is 11.3 Å². The number of unbranched alkanes of at least 4 members (excludes halogenated alkanes) is 1. The zero-order valence-corrected chi connectivity index (χ0v) is 8.68. The Labute approximate surface area is 80.1 Å².